The minimum atomic E-state index is -3.83. The van der Waals surface area contributed by atoms with Gasteiger partial charge >= 0.3 is 0 Å². The van der Waals surface area contributed by atoms with E-state index in [0.29, 0.717) is 18.8 Å². The van der Waals surface area contributed by atoms with Crippen LogP contribution in [0.15, 0.2) is 17.2 Å². The number of likely N-dealkylation sites (N-methyl/N-ethyl adjacent to an activating group) is 1. The number of carbonyl (C=O) groups excluding carboxylic acids is 1. The molecule has 0 saturated heterocycles. The van der Waals surface area contributed by atoms with Crippen LogP contribution in [0.2, 0.25) is 0 Å². The van der Waals surface area contributed by atoms with Crippen LogP contribution in [0.1, 0.15) is 29.4 Å². The van der Waals surface area contributed by atoms with Crippen LogP contribution in [0.25, 0.3) is 0 Å². The van der Waals surface area contributed by atoms with Gasteiger partial charge in [0.25, 0.3) is 15.0 Å². The number of halogens is 1. The molecular formula is C12H17ClN2O4S. The molecule has 1 saturated carbocycles. The third-order valence-electron chi connectivity index (χ3n) is 3.24. The van der Waals surface area contributed by atoms with Gasteiger partial charge in [0.05, 0.1) is 6.61 Å². The van der Waals surface area contributed by atoms with Gasteiger partial charge in [-0.25, -0.2) is 8.42 Å². The molecule has 8 heteroatoms. The van der Waals surface area contributed by atoms with Gasteiger partial charge in [0, 0.05) is 43.6 Å². The molecule has 1 aliphatic carbocycles. The van der Waals surface area contributed by atoms with Crippen LogP contribution in [0, 0.1) is 0 Å². The second-order valence-corrected chi connectivity index (χ2v) is 7.42. The molecule has 1 fully saturated rings. The molecule has 1 aromatic heterocycles. The van der Waals surface area contributed by atoms with Gasteiger partial charge in [-0.15, -0.1) is 0 Å². The van der Waals surface area contributed by atoms with Crippen molar-refractivity contribution in [3.05, 3.63) is 18.0 Å². The molecule has 0 unspecified atom stereocenters. The van der Waals surface area contributed by atoms with E-state index in [2.05, 4.69) is 0 Å². The maximum atomic E-state index is 12.4. The molecule has 20 heavy (non-hydrogen) atoms. The third-order valence-corrected chi connectivity index (χ3v) is 4.56. The molecule has 1 aliphatic rings. The molecule has 1 aromatic rings. The number of ether oxygens (including phenoxy) is 1. The van der Waals surface area contributed by atoms with Crippen molar-refractivity contribution in [2.75, 3.05) is 27.3 Å². The summed E-state index contributed by atoms with van der Waals surface area (Å²) in [5, 5.41) is 0. The molecule has 0 aliphatic heterocycles. The Balaban J connectivity index is 2.30. The van der Waals surface area contributed by atoms with Crippen LogP contribution < -0.4 is 0 Å². The van der Waals surface area contributed by atoms with Crippen molar-refractivity contribution in [1.82, 2.24) is 9.47 Å². The lowest BCUT2D eigenvalue weighted by Gasteiger charge is -2.17. The minimum absolute atomic E-state index is 0.0328. The van der Waals surface area contributed by atoms with Crippen molar-refractivity contribution in [3.8, 4) is 0 Å². The second kappa shape index (κ2) is 5.75. The first kappa shape index (κ1) is 15.3. The summed E-state index contributed by atoms with van der Waals surface area (Å²) in [4.78, 5) is 13.8. The highest BCUT2D eigenvalue weighted by Crippen LogP contribution is 2.37. The zero-order valence-electron chi connectivity index (χ0n) is 11.4. The number of rotatable bonds is 6. The number of aromatic nitrogens is 1. The van der Waals surface area contributed by atoms with Crippen LogP contribution in [0.4, 0.5) is 0 Å². The van der Waals surface area contributed by atoms with Gasteiger partial charge in [0.1, 0.15) is 10.6 Å². The molecule has 6 nitrogen and oxygen atoms in total. The van der Waals surface area contributed by atoms with Gasteiger partial charge in [-0.1, -0.05) is 0 Å². The standard InChI is InChI=1S/C12H17ClN2O4S/c1-14(5-6-19-2)12(16)11-7-10(20(13,17)18)8-15(11)9-3-4-9/h7-9H,3-6H2,1-2H3. The fraction of sp³-hybridized carbons (Fsp3) is 0.583. The molecular weight excluding hydrogens is 304 g/mol. The van der Waals surface area contributed by atoms with Gasteiger partial charge < -0.3 is 14.2 Å². The lowest BCUT2D eigenvalue weighted by Crippen LogP contribution is -2.31. The maximum absolute atomic E-state index is 12.4. The maximum Gasteiger partial charge on any atom is 0.270 e. The van der Waals surface area contributed by atoms with Crippen LogP contribution >= 0.6 is 10.7 Å². The number of methoxy groups -OCH3 is 1. The molecule has 0 atom stereocenters. The minimum Gasteiger partial charge on any atom is -0.383 e. The molecule has 1 heterocycles. The zero-order chi connectivity index (χ0) is 14.9. The van der Waals surface area contributed by atoms with E-state index in [0.717, 1.165) is 12.8 Å². The Kier molecular flexibility index (Phi) is 4.41. The van der Waals surface area contributed by atoms with E-state index < -0.39 is 9.05 Å². The number of nitrogens with zero attached hydrogens (tertiary/aromatic N) is 2. The number of carbonyl (C=O) groups is 1. The number of hydrogen-bond donors (Lipinski definition) is 0. The Labute approximate surface area is 122 Å². The summed E-state index contributed by atoms with van der Waals surface area (Å²) in [6.45, 7) is 0.862. The summed E-state index contributed by atoms with van der Waals surface area (Å²) in [7, 11) is 4.73. The normalized spacial score (nSPS) is 15.3. The summed E-state index contributed by atoms with van der Waals surface area (Å²) < 4.78 is 29.5. The van der Waals surface area contributed by atoms with Crippen molar-refractivity contribution in [2.45, 2.75) is 23.8 Å². The average molecular weight is 321 g/mol. The van der Waals surface area contributed by atoms with E-state index >= 15 is 0 Å². The molecule has 2 rings (SSSR count). The Hall–Kier alpha value is -1.05. The van der Waals surface area contributed by atoms with Crippen molar-refractivity contribution in [3.63, 3.8) is 0 Å². The Morgan fingerprint density at radius 3 is 2.70 bits per heavy atom. The van der Waals surface area contributed by atoms with Gasteiger partial charge in [0.2, 0.25) is 0 Å². The zero-order valence-corrected chi connectivity index (χ0v) is 12.9. The lowest BCUT2D eigenvalue weighted by molar-refractivity contribution is 0.0733. The Bertz CT molecular complexity index is 607. The largest absolute Gasteiger partial charge is 0.383 e. The molecule has 0 aromatic carbocycles. The third kappa shape index (κ3) is 3.34. The fourth-order valence-electron chi connectivity index (χ4n) is 1.94. The Morgan fingerprint density at radius 1 is 1.55 bits per heavy atom. The SMILES string of the molecule is COCCN(C)C(=O)c1cc(S(=O)(=O)Cl)cn1C1CC1. The molecule has 0 radical (unpaired) electrons. The van der Waals surface area contributed by atoms with Crippen molar-refractivity contribution in [2.24, 2.45) is 0 Å². The van der Waals surface area contributed by atoms with E-state index in [1.807, 2.05) is 0 Å². The average Bonchev–Trinajstić information content (AvgIpc) is 3.12. The van der Waals surface area contributed by atoms with E-state index in [4.69, 9.17) is 15.4 Å². The van der Waals surface area contributed by atoms with Crippen LogP contribution in [-0.2, 0) is 13.8 Å². The van der Waals surface area contributed by atoms with Crippen molar-refractivity contribution >= 4 is 25.6 Å². The van der Waals surface area contributed by atoms with Gasteiger partial charge in [-0.05, 0) is 18.9 Å². The van der Waals surface area contributed by atoms with Crippen molar-refractivity contribution < 1.29 is 17.9 Å². The van der Waals surface area contributed by atoms with Crippen LogP contribution in [0.5, 0.6) is 0 Å². The summed E-state index contributed by atoms with van der Waals surface area (Å²) in [6, 6.07) is 1.53. The smallest absolute Gasteiger partial charge is 0.270 e. The van der Waals surface area contributed by atoms with E-state index in [9.17, 15) is 13.2 Å². The molecule has 0 spiro atoms. The van der Waals surface area contributed by atoms with Crippen molar-refractivity contribution in [1.29, 1.82) is 0 Å². The fourth-order valence-corrected chi connectivity index (χ4v) is 2.68. The molecule has 0 bridgehead atoms. The highest BCUT2D eigenvalue weighted by Gasteiger charge is 2.30. The molecule has 1 amide bonds. The quantitative estimate of drug-likeness (QED) is 0.744. The van der Waals surface area contributed by atoms with E-state index in [1.165, 1.54) is 17.2 Å². The topological polar surface area (TPSA) is 68.6 Å². The van der Waals surface area contributed by atoms with Crippen LogP contribution in [0.3, 0.4) is 0 Å². The molecule has 0 N–H and O–H groups in total. The predicted octanol–water partition coefficient (Wildman–Crippen LogP) is 1.47. The summed E-state index contributed by atoms with van der Waals surface area (Å²) in [5.74, 6) is -0.236. The second-order valence-electron chi connectivity index (χ2n) is 4.86. The van der Waals surface area contributed by atoms with E-state index in [-0.39, 0.29) is 16.8 Å². The van der Waals surface area contributed by atoms with Gasteiger partial charge in [-0.3, -0.25) is 4.79 Å². The van der Waals surface area contributed by atoms with Gasteiger partial charge in [-0.2, -0.15) is 0 Å². The summed E-state index contributed by atoms with van der Waals surface area (Å²) in [5.41, 5.74) is 0.352. The summed E-state index contributed by atoms with van der Waals surface area (Å²) >= 11 is 0. The summed E-state index contributed by atoms with van der Waals surface area (Å²) in [6.07, 6.45) is 3.33. The predicted molar refractivity (Wildman–Crippen MR) is 74.6 cm³/mol. The Morgan fingerprint density at radius 2 is 2.20 bits per heavy atom. The molecule has 112 valence electrons. The van der Waals surface area contributed by atoms with E-state index in [1.54, 1.807) is 18.7 Å². The highest BCUT2D eigenvalue weighted by molar-refractivity contribution is 8.13. The monoisotopic (exact) mass is 320 g/mol. The van der Waals surface area contributed by atoms with Gasteiger partial charge in [0.15, 0.2) is 0 Å². The first-order valence-corrected chi connectivity index (χ1v) is 8.56. The lowest BCUT2D eigenvalue weighted by atomic mass is 10.3. The first-order valence-electron chi connectivity index (χ1n) is 6.25. The van der Waals surface area contributed by atoms with Crippen LogP contribution in [-0.4, -0.2) is 51.1 Å². The first-order chi connectivity index (χ1) is 9.34. The highest BCUT2D eigenvalue weighted by atomic mass is 35.7. The number of amides is 1. The number of hydrogen-bond acceptors (Lipinski definition) is 4.